The van der Waals surface area contributed by atoms with Gasteiger partial charge in [-0.3, -0.25) is 14.5 Å². The molecule has 0 radical (unpaired) electrons. The van der Waals surface area contributed by atoms with E-state index in [4.69, 9.17) is 9.97 Å². The summed E-state index contributed by atoms with van der Waals surface area (Å²) in [7, 11) is -4.53. The summed E-state index contributed by atoms with van der Waals surface area (Å²) in [5.41, 5.74) is 4.91. The van der Waals surface area contributed by atoms with Gasteiger partial charge in [0.05, 0.1) is 33.5 Å². The molecule has 0 atom stereocenters. The van der Waals surface area contributed by atoms with Crippen LogP contribution in [0.3, 0.4) is 0 Å². The van der Waals surface area contributed by atoms with Crippen LogP contribution < -0.4 is 0 Å². The van der Waals surface area contributed by atoms with Crippen molar-refractivity contribution >= 4 is 53.7 Å². The fourth-order valence-electron chi connectivity index (χ4n) is 4.87. The molecule has 182 valence electrons. The highest BCUT2D eigenvalue weighted by Crippen LogP contribution is 2.34. The second-order valence-corrected chi connectivity index (χ2v) is 10.4. The fourth-order valence-corrected chi connectivity index (χ4v) is 5.55. The van der Waals surface area contributed by atoms with E-state index in [1.807, 2.05) is 66.7 Å². The maximum Gasteiger partial charge on any atom is 0.295 e. The Morgan fingerprint density at radius 3 is 1.63 bits per heavy atom. The molecule has 7 nitrogen and oxygen atoms in total. The lowest BCUT2D eigenvalue weighted by Gasteiger charge is -2.12. The molecule has 0 aliphatic heterocycles. The van der Waals surface area contributed by atoms with Crippen molar-refractivity contribution in [3.8, 4) is 22.5 Å². The Labute approximate surface area is 217 Å². The maximum atomic E-state index is 12.4. The summed E-state index contributed by atoms with van der Waals surface area (Å²) < 4.78 is 34.8. The fraction of sp³-hybridized carbons (Fsp3) is 0. The molecule has 7 rings (SSSR count). The molecule has 0 aliphatic carbocycles. The molecule has 38 heavy (non-hydrogen) atoms. The van der Waals surface area contributed by atoms with Crippen LogP contribution in [0.25, 0.3) is 66.1 Å². The lowest BCUT2D eigenvalue weighted by Crippen LogP contribution is -2.02. The Hall–Kier alpha value is -4.79. The van der Waals surface area contributed by atoms with Crippen LogP contribution in [-0.2, 0) is 10.1 Å². The minimum atomic E-state index is -4.53. The number of fused-ring (bicyclic) bond motifs is 6. The van der Waals surface area contributed by atoms with Crippen molar-refractivity contribution in [3.05, 3.63) is 103 Å². The molecule has 0 saturated carbocycles. The molecular formula is C30H18N4O3S. The molecule has 8 heteroatoms. The minimum absolute atomic E-state index is 0.228. The van der Waals surface area contributed by atoms with Gasteiger partial charge >= 0.3 is 0 Å². The van der Waals surface area contributed by atoms with Crippen LogP contribution in [0.5, 0.6) is 0 Å². The summed E-state index contributed by atoms with van der Waals surface area (Å²) in [6, 6.07) is 27.8. The Morgan fingerprint density at radius 2 is 1.05 bits per heavy atom. The molecule has 4 heterocycles. The van der Waals surface area contributed by atoms with Gasteiger partial charge in [0.15, 0.2) is 0 Å². The smallest absolute Gasteiger partial charge is 0.282 e. The zero-order valence-corrected chi connectivity index (χ0v) is 20.6. The molecule has 4 aromatic heterocycles. The van der Waals surface area contributed by atoms with E-state index in [1.54, 1.807) is 30.6 Å². The van der Waals surface area contributed by atoms with E-state index in [0.717, 1.165) is 32.6 Å². The first kappa shape index (κ1) is 22.4. The number of rotatable bonds is 3. The first-order chi connectivity index (χ1) is 18.5. The Morgan fingerprint density at radius 1 is 0.553 bits per heavy atom. The molecule has 0 spiro atoms. The molecule has 7 aromatic rings. The van der Waals surface area contributed by atoms with Gasteiger partial charge in [-0.1, -0.05) is 54.6 Å². The Bertz CT molecular complexity index is 2180. The topological polar surface area (TPSA) is 106 Å². The van der Waals surface area contributed by atoms with E-state index in [9.17, 15) is 13.0 Å². The van der Waals surface area contributed by atoms with Crippen molar-refractivity contribution in [2.75, 3.05) is 0 Å². The van der Waals surface area contributed by atoms with Crippen molar-refractivity contribution in [2.24, 2.45) is 0 Å². The van der Waals surface area contributed by atoms with E-state index in [-0.39, 0.29) is 10.5 Å². The molecule has 0 bridgehead atoms. The average molecular weight is 515 g/mol. The van der Waals surface area contributed by atoms with E-state index in [1.165, 1.54) is 6.07 Å². The first-order valence-corrected chi connectivity index (χ1v) is 13.3. The first-order valence-electron chi connectivity index (χ1n) is 11.9. The normalized spacial score (nSPS) is 12.0. The zero-order chi connectivity index (χ0) is 25.9. The van der Waals surface area contributed by atoms with Gasteiger partial charge in [0, 0.05) is 45.1 Å². The molecule has 1 N–H and O–H groups in total. The number of nitrogens with zero attached hydrogens (tertiary/aromatic N) is 4. The zero-order valence-electron chi connectivity index (χ0n) is 19.8. The summed E-state index contributed by atoms with van der Waals surface area (Å²) in [6.45, 7) is 0. The summed E-state index contributed by atoms with van der Waals surface area (Å²) in [5.74, 6) is 0. The third-order valence-electron chi connectivity index (χ3n) is 6.69. The lowest BCUT2D eigenvalue weighted by atomic mass is 10.0. The predicted molar refractivity (Wildman–Crippen MR) is 148 cm³/mol. The van der Waals surface area contributed by atoms with Gasteiger partial charge in [0.25, 0.3) is 10.1 Å². The van der Waals surface area contributed by atoms with E-state index < -0.39 is 10.1 Å². The molecule has 0 saturated heterocycles. The number of hydrogen-bond donors (Lipinski definition) is 1. The van der Waals surface area contributed by atoms with Crippen molar-refractivity contribution in [1.29, 1.82) is 0 Å². The molecule has 0 amide bonds. The van der Waals surface area contributed by atoms with Crippen LogP contribution in [-0.4, -0.2) is 32.9 Å². The molecule has 3 aromatic carbocycles. The van der Waals surface area contributed by atoms with Gasteiger partial charge in [-0.05, 0) is 36.4 Å². The van der Waals surface area contributed by atoms with Gasteiger partial charge in [-0.15, -0.1) is 0 Å². The van der Waals surface area contributed by atoms with Crippen molar-refractivity contribution in [1.82, 2.24) is 19.9 Å². The van der Waals surface area contributed by atoms with E-state index in [0.29, 0.717) is 28.0 Å². The number of benzene rings is 3. The van der Waals surface area contributed by atoms with Crippen molar-refractivity contribution in [2.45, 2.75) is 4.90 Å². The van der Waals surface area contributed by atoms with E-state index in [2.05, 4.69) is 9.97 Å². The van der Waals surface area contributed by atoms with Crippen LogP contribution in [0.1, 0.15) is 0 Å². The number of pyridine rings is 4. The van der Waals surface area contributed by atoms with Gasteiger partial charge in [0.1, 0.15) is 4.90 Å². The highest BCUT2D eigenvalue weighted by Gasteiger charge is 2.20. The van der Waals surface area contributed by atoms with Gasteiger partial charge in [-0.25, -0.2) is 9.97 Å². The van der Waals surface area contributed by atoms with Crippen LogP contribution in [0.15, 0.2) is 108 Å². The van der Waals surface area contributed by atoms with Crippen molar-refractivity contribution < 1.29 is 13.0 Å². The summed E-state index contributed by atoms with van der Waals surface area (Å²) >= 11 is 0. The second kappa shape index (κ2) is 8.37. The molecule has 0 unspecified atom stereocenters. The summed E-state index contributed by atoms with van der Waals surface area (Å²) in [5, 5.41) is 3.73. The highest BCUT2D eigenvalue weighted by atomic mass is 32.2. The van der Waals surface area contributed by atoms with Crippen LogP contribution in [0.4, 0.5) is 0 Å². The molecular weight excluding hydrogens is 496 g/mol. The van der Waals surface area contributed by atoms with Gasteiger partial charge < -0.3 is 0 Å². The monoisotopic (exact) mass is 514 g/mol. The quantitative estimate of drug-likeness (QED) is 0.213. The van der Waals surface area contributed by atoms with Gasteiger partial charge in [0.2, 0.25) is 0 Å². The highest BCUT2D eigenvalue weighted by molar-refractivity contribution is 7.86. The molecule has 0 aliphatic rings. The third-order valence-corrected chi connectivity index (χ3v) is 7.61. The van der Waals surface area contributed by atoms with Crippen LogP contribution in [0, 0.1) is 0 Å². The lowest BCUT2D eigenvalue weighted by molar-refractivity contribution is 0.483. The van der Waals surface area contributed by atoms with Crippen molar-refractivity contribution in [3.63, 3.8) is 0 Å². The second-order valence-electron chi connectivity index (χ2n) is 9.00. The number of aromatic nitrogens is 4. The SMILES string of the molecule is O=S(=O)(O)c1ccc(-c2ccc3ccc4cccnc4c3n2)cc1-c1ccc2ccc3cccnc3c2n1. The Kier molecular flexibility index (Phi) is 4.94. The third kappa shape index (κ3) is 3.66. The van der Waals surface area contributed by atoms with Crippen LogP contribution in [0.2, 0.25) is 0 Å². The minimum Gasteiger partial charge on any atom is -0.282 e. The largest absolute Gasteiger partial charge is 0.295 e. The standard InChI is InChI=1S/C30H18N4O3S/c35-38(36,37)26-14-11-22(24-12-9-20-7-5-18-3-1-15-31-27(18)29(20)33-24)17-23(26)25-13-10-21-8-6-19-4-2-16-32-28(19)30(21)34-25/h1-17H,(H,35,36,37). The molecule has 0 fully saturated rings. The summed E-state index contributed by atoms with van der Waals surface area (Å²) in [6.07, 6.45) is 3.43. The Balaban J connectivity index is 1.46. The van der Waals surface area contributed by atoms with Crippen LogP contribution >= 0.6 is 0 Å². The average Bonchev–Trinajstić information content (AvgIpc) is 2.95. The van der Waals surface area contributed by atoms with E-state index >= 15 is 0 Å². The predicted octanol–water partition coefficient (Wildman–Crippen LogP) is 6.46. The summed E-state index contributed by atoms with van der Waals surface area (Å²) in [4.78, 5) is 18.5. The number of hydrogen-bond acceptors (Lipinski definition) is 6. The maximum absolute atomic E-state index is 12.4. The van der Waals surface area contributed by atoms with Gasteiger partial charge in [-0.2, -0.15) is 8.42 Å².